The summed E-state index contributed by atoms with van der Waals surface area (Å²) >= 11 is 0. The maximum Gasteiger partial charge on any atom is 0.317 e. The van der Waals surface area contributed by atoms with Gasteiger partial charge in [0.1, 0.15) is 0 Å². The van der Waals surface area contributed by atoms with Gasteiger partial charge in [-0.3, -0.25) is 0 Å². The van der Waals surface area contributed by atoms with E-state index in [4.69, 9.17) is 4.74 Å². The SMILES string of the molecule is CCN1CCC[C@H](CNC(=O)N2CCO[C@H](Cc3ccccc3)C2)C1. The number of urea groups is 1. The highest BCUT2D eigenvalue weighted by Gasteiger charge is 2.25. The molecular formula is C20H31N3O2. The summed E-state index contributed by atoms with van der Waals surface area (Å²) in [6.45, 7) is 8.39. The van der Waals surface area contributed by atoms with Gasteiger partial charge in [0.2, 0.25) is 0 Å². The van der Waals surface area contributed by atoms with Gasteiger partial charge in [-0.15, -0.1) is 0 Å². The molecule has 0 aromatic heterocycles. The lowest BCUT2D eigenvalue weighted by Gasteiger charge is -2.35. The van der Waals surface area contributed by atoms with Crippen molar-refractivity contribution in [3.8, 4) is 0 Å². The molecule has 2 aliphatic heterocycles. The van der Waals surface area contributed by atoms with Crippen molar-refractivity contribution in [2.75, 3.05) is 45.9 Å². The fourth-order valence-electron chi connectivity index (χ4n) is 3.85. The number of hydrogen-bond donors (Lipinski definition) is 1. The molecule has 2 fully saturated rings. The Morgan fingerprint density at radius 1 is 1.24 bits per heavy atom. The predicted octanol–water partition coefficient (Wildman–Crippen LogP) is 2.37. The van der Waals surface area contributed by atoms with Gasteiger partial charge in [0.25, 0.3) is 0 Å². The van der Waals surface area contributed by atoms with Gasteiger partial charge >= 0.3 is 6.03 Å². The summed E-state index contributed by atoms with van der Waals surface area (Å²) < 4.78 is 5.86. The molecule has 0 bridgehead atoms. The fraction of sp³-hybridized carbons (Fsp3) is 0.650. The third kappa shape index (κ3) is 5.44. The predicted molar refractivity (Wildman–Crippen MR) is 99.7 cm³/mol. The number of ether oxygens (including phenoxy) is 1. The van der Waals surface area contributed by atoms with Crippen LogP contribution in [0.5, 0.6) is 0 Å². The third-order valence-corrected chi connectivity index (χ3v) is 5.32. The molecule has 2 atom stereocenters. The lowest BCUT2D eigenvalue weighted by molar-refractivity contribution is -0.0134. The van der Waals surface area contributed by atoms with Crippen molar-refractivity contribution in [2.45, 2.75) is 32.3 Å². The van der Waals surface area contributed by atoms with Crippen LogP contribution in [0.15, 0.2) is 30.3 Å². The Kier molecular flexibility index (Phi) is 6.70. The zero-order chi connectivity index (χ0) is 17.5. The summed E-state index contributed by atoms with van der Waals surface area (Å²) in [6.07, 6.45) is 3.41. The number of amides is 2. The smallest absolute Gasteiger partial charge is 0.317 e. The van der Waals surface area contributed by atoms with Crippen LogP contribution in [0.1, 0.15) is 25.3 Å². The van der Waals surface area contributed by atoms with Crippen molar-refractivity contribution in [1.29, 1.82) is 0 Å². The number of piperidine rings is 1. The number of likely N-dealkylation sites (tertiary alicyclic amines) is 1. The average molecular weight is 345 g/mol. The van der Waals surface area contributed by atoms with Gasteiger partial charge in [0.05, 0.1) is 12.7 Å². The van der Waals surface area contributed by atoms with E-state index >= 15 is 0 Å². The molecule has 25 heavy (non-hydrogen) atoms. The number of hydrogen-bond acceptors (Lipinski definition) is 3. The van der Waals surface area contributed by atoms with Gasteiger partial charge < -0.3 is 19.9 Å². The number of nitrogens with one attached hydrogen (secondary N) is 1. The van der Waals surface area contributed by atoms with Gasteiger partial charge in [0, 0.05) is 32.6 Å². The first-order valence-electron chi connectivity index (χ1n) is 9.65. The van der Waals surface area contributed by atoms with E-state index in [2.05, 4.69) is 29.3 Å². The Hall–Kier alpha value is -1.59. The van der Waals surface area contributed by atoms with Crippen LogP contribution in [0, 0.1) is 5.92 Å². The van der Waals surface area contributed by atoms with Crippen molar-refractivity contribution < 1.29 is 9.53 Å². The molecule has 0 saturated carbocycles. The molecule has 2 heterocycles. The summed E-state index contributed by atoms with van der Waals surface area (Å²) in [4.78, 5) is 16.9. The molecule has 5 nitrogen and oxygen atoms in total. The van der Waals surface area contributed by atoms with Crippen molar-refractivity contribution in [3.05, 3.63) is 35.9 Å². The van der Waals surface area contributed by atoms with Crippen LogP contribution in [0.25, 0.3) is 0 Å². The van der Waals surface area contributed by atoms with E-state index in [1.54, 1.807) is 0 Å². The standard InChI is InChI=1S/C20H31N3O2/c1-2-22-10-6-9-18(15-22)14-21-20(24)23-11-12-25-19(16-23)13-17-7-4-3-5-8-17/h3-5,7-8,18-19H,2,6,9-16H2,1H3,(H,21,24)/t18-,19-/m1/s1. The fourth-order valence-corrected chi connectivity index (χ4v) is 3.85. The van der Waals surface area contributed by atoms with Crippen molar-refractivity contribution in [2.24, 2.45) is 5.92 Å². The van der Waals surface area contributed by atoms with Crippen molar-refractivity contribution in [1.82, 2.24) is 15.1 Å². The Bertz CT molecular complexity index is 537. The minimum absolute atomic E-state index is 0.0648. The number of rotatable bonds is 5. The molecule has 3 rings (SSSR count). The molecule has 1 N–H and O–H groups in total. The molecule has 2 saturated heterocycles. The molecular weight excluding hydrogens is 314 g/mol. The van der Waals surface area contributed by atoms with Crippen LogP contribution >= 0.6 is 0 Å². The number of benzene rings is 1. The highest BCUT2D eigenvalue weighted by atomic mass is 16.5. The first-order valence-corrected chi connectivity index (χ1v) is 9.65. The van der Waals surface area contributed by atoms with E-state index in [0.717, 1.165) is 26.1 Å². The van der Waals surface area contributed by atoms with E-state index < -0.39 is 0 Å². The average Bonchev–Trinajstić information content (AvgIpc) is 2.67. The number of morpholine rings is 1. The normalized spacial score (nSPS) is 24.9. The Morgan fingerprint density at radius 3 is 2.88 bits per heavy atom. The molecule has 138 valence electrons. The first-order chi connectivity index (χ1) is 12.2. The van der Waals surface area contributed by atoms with E-state index in [9.17, 15) is 4.79 Å². The summed E-state index contributed by atoms with van der Waals surface area (Å²) in [6, 6.07) is 10.4. The second kappa shape index (κ2) is 9.20. The topological polar surface area (TPSA) is 44.8 Å². The second-order valence-corrected chi connectivity index (χ2v) is 7.22. The van der Waals surface area contributed by atoms with E-state index in [1.165, 1.54) is 24.9 Å². The monoisotopic (exact) mass is 345 g/mol. The minimum Gasteiger partial charge on any atom is -0.374 e. The minimum atomic E-state index is 0.0648. The largest absolute Gasteiger partial charge is 0.374 e. The highest BCUT2D eigenvalue weighted by Crippen LogP contribution is 2.16. The summed E-state index contributed by atoms with van der Waals surface area (Å²) in [5, 5.41) is 3.16. The molecule has 2 amide bonds. The van der Waals surface area contributed by atoms with Gasteiger partial charge in [-0.1, -0.05) is 37.3 Å². The molecule has 1 aromatic carbocycles. The lowest BCUT2D eigenvalue weighted by atomic mass is 9.98. The lowest BCUT2D eigenvalue weighted by Crippen LogP contribution is -2.51. The van der Waals surface area contributed by atoms with Crippen LogP contribution in [-0.2, 0) is 11.2 Å². The van der Waals surface area contributed by atoms with Crippen LogP contribution < -0.4 is 5.32 Å². The highest BCUT2D eigenvalue weighted by molar-refractivity contribution is 5.74. The summed E-state index contributed by atoms with van der Waals surface area (Å²) in [5.74, 6) is 0.582. The van der Waals surface area contributed by atoms with E-state index in [-0.39, 0.29) is 12.1 Å². The van der Waals surface area contributed by atoms with Gasteiger partial charge in [0.15, 0.2) is 0 Å². The van der Waals surface area contributed by atoms with Crippen molar-refractivity contribution in [3.63, 3.8) is 0 Å². The summed E-state index contributed by atoms with van der Waals surface area (Å²) in [5.41, 5.74) is 1.26. The number of carbonyl (C=O) groups is 1. The van der Waals surface area contributed by atoms with Crippen LogP contribution in [-0.4, -0.2) is 67.8 Å². The maximum atomic E-state index is 12.5. The number of carbonyl (C=O) groups excluding carboxylic acids is 1. The molecule has 2 aliphatic rings. The molecule has 5 heteroatoms. The first kappa shape index (κ1) is 18.2. The molecule has 0 unspecified atom stereocenters. The van der Waals surface area contributed by atoms with Crippen LogP contribution in [0.2, 0.25) is 0 Å². The Labute approximate surface area is 151 Å². The van der Waals surface area contributed by atoms with Gasteiger partial charge in [-0.05, 0) is 37.4 Å². The van der Waals surface area contributed by atoms with Crippen molar-refractivity contribution >= 4 is 6.03 Å². The van der Waals surface area contributed by atoms with Crippen LogP contribution in [0.3, 0.4) is 0 Å². The number of nitrogens with zero attached hydrogens (tertiary/aromatic N) is 2. The Balaban J connectivity index is 1.43. The van der Waals surface area contributed by atoms with Gasteiger partial charge in [-0.25, -0.2) is 4.79 Å². The zero-order valence-electron chi connectivity index (χ0n) is 15.3. The Morgan fingerprint density at radius 2 is 2.08 bits per heavy atom. The maximum absolute atomic E-state index is 12.5. The second-order valence-electron chi connectivity index (χ2n) is 7.22. The molecule has 0 spiro atoms. The molecule has 1 aromatic rings. The van der Waals surface area contributed by atoms with Crippen LogP contribution in [0.4, 0.5) is 4.79 Å². The summed E-state index contributed by atoms with van der Waals surface area (Å²) in [7, 11) is 0. The molecule has 0 radical (unpaired) electrons. The van der Waals surface area contributed by atoms with E-state index in [0.29, 0.717) is 25.6 Å². The van der Waals surface area contributed by atoms with Gasteiger partial charge in [-0.2, -0.15) is 0 Å². The van der Waals surface area contributed by atoms with E-state index in [1.807, 2.05) is 23.1 Å². The zero-order valence-corrected chi connectivity index (χ0v) is 15.3. The third-order valence-electron chi connectivity index (χ3n) is 5.32. The quantitative estimate of drug-likeness (QED) is 0.891. The molecule has 0 aliphatic carbocycles.